The fraction of sp³-hybridized carbons (Fsp3) is 0.571. The molecule has 1 aliphatic heterocycles. The topological polar surface area (TPSA) is 71.1 Å². The normalized spacial score (nSPS) is 14.0. The van der Waals surface area contributed by atoms with Crippen molar-refractivity contribution in [3.05, 3.63) is 9.75 Å². The summed E-state index contributed by atoms with van der Waals surface area (Å²) in [5.41, 5.74) is 0. The Labute approximate surface area is 126 Å². The van der Waals surface area contributed by atoms with Crippen molar-refractivity contribution in [3.8, 4) is 11.5 Å². The van der Waals surface area contributed by atoms with Crippen LogP contribution in [0.25, 0.3) is 0 Å². The summed E-state index contributed by atoms with van der Waals surface area (Å²) >= 11 is 0.991. The number of esters is 2. The van der Waals surface area contributed by atoms with E-state index in [4.69, 9.17) is 18.9 Å². The van der Waals surface area contributed by atoms with E-state index in [1.807, 2.05) is 0 Å². The molecule has 1 aliphatic rings. The van der Waals surface area contributed by atoms with Gasteiger partial charge in [-0.2, -0.15) is 0 Å². The van der Waals surface area contributed by atoms with E-state index in [-0.39, 0.29) is 23.0 Å². The Hall–Kier alpha value is -1.76. The largest absolute Gasteiger partial charge is 0.488 e. The van der Waals surface area contributed by atoms with E-state index in [1.165, 1.54) is 0 Å². The highest BCUT2D eigenvalue weighted by Crippen LogP contribution is 2.44. The van der Waals surface area contributed by atoms with Gasteiger partial charge in [0.2, 0.25) is 0 Å². The number of hydrogen-bond donors (Lipinski definition) is 0. The third-order valence-electron chi connectivity index (χ3n) is 2.78. The predicted molar refractivity (Wildman–Crippen MR) is 76.5 cm³/mol. The van der Waals surface area contributed by atoms with Crippen molar-refractivity contribution >= 4 is 23.3 Å². The van der Waals surface area contributed by atoms with E-state index in [1.54, 1.807) is 13.8 Å². The van der Waals surface area contributed by atoms with Gasteiger partial charge in [0.1, 0.15) is 0 Å². The van der Waals surface area contributed by atoms with Crippen LogP contribution in [0.5, 0.6) is 11.5 Å². The van der Waals surface area contributed by atoms with Crippen LogP contribution in [0, 0.1) is 0 Å². The Kier molecular flexibility index (Phi) is 5.44. The van der Waals surface area contributed by atoms with Crippen LogP contribution in [-0.2, 0) is 9.47 Å². The van der Waals surface area contributed by atoms with Gasteiger partial charge in [0.25, 0.3) is 0 Å². The first-order valence-corrected chi connectivity index (χ1v) is 7.77. The summed E-state index contributed by atoms with van der Waals surface area (Å²) in [7, 11) is 0. The molecular weight excluding hydrogens is 296 g/mol. The first-order valence-electron chi connectivity index (χ1n) is 6.95. The Morgan fingerprint density at radius 2 is 1.38 bits per heavy atom. The average Bonchev–Trinajstić information content (AvgIpc) is 2.77. The summed E-state index contributed by atoms with van der Waals surface area (Å²) < 4.78 is 21.2. The molecule has 0 amide bonds. The molecule has 2 heterocycles. The molecule has 0 aromatic carbocycles. The minimum absolute atomic E-state index is 0.247. The first kappa shape index (κ1) is 15.6. The van der Waals surface area contributed by atoms with Crippen LogP contribution in [0.2, 0.25) is 0 Å². The molecule has 0 bridgehead atoms. The number of carbonyl (C=O) groups excluding carboxylic acids is 2. The molecule has 7 heteroatoms. The number of fused-ring (bicyclic) bond motifs is 1. The highest BCUT2D eigenvalue weighted by Gasteiger charge is 2.31. The van der Waals surface area contributed by atoms with Crippen molar-refractivity contribution in [1.29, 1.82) is 0 Å². The van der Waals surface area contributed by atoms with E-state index in [0.29, 0.717) is 24.7 Å². The van der Waals surface area contributed by atoms with Gasteiger partial charge in [-0.05, 0) is 26.7 Å². The van der Waals surface area contributed by atoms with Crippen molar-refractivity contribution < 1.29 is 28.5 Å². The fourth-order valence-corrected chi connectivity index (χ4v) is 2.86. The van der Waals surface area contributed by atoms with E-state index in [9.17, 15) is 9.59 Å². The lowest BCUT2D eigenvalue weighted by atomic mass is 10.3. The quantitative estimate of drug-likeness (QED) is 0.796. The number of hydrogen-bond acceptors (Lipinski definition) is 7. The van der Waals surface area contributed by atoms with Gasteiger partial charge in [0, 0.05) is 0 Å². The van der Waals surface area contributed by atoms with Gasteiger partial charge in [0.15, 0.2) is 21.3 Å². The van der Waals surface area contributed by atoms with Crippen molar-refractivity contribution in [2.75, 3.05) is 26.4 Å². The van der Waals surface area contributed by atoms with Gasteiger partial charge in [0.05, 0.1) is 26.4 Å². The maximum absolute atomic E-state index is 12.0. The van der Waals surface area contributed by atoms with E-state index < -0.39 is 11.9 Å². The Bertz CT molecular complexity index is 477. The zero-order chi connectivity index (χ0) is 15.2. The number of rotatable bonds is 4. The Balaban J connectivity index is 2.43. The summed E-state index contributed by atoms with van der Waals surface area (Å²) in [4.78, 5) is 24.5. The Morgan fingerprint density at radius 3 is 1.76 bits per heavy atom. The average molecular weight is 314 g/mol. The van der Waals surface area contributed by atoms with Crippen LogP contribution in [0.4, 0.5) is 0 Å². The highest BCUT2D eigenvalue weighted by atomic mass is 32.1. The van der Waals surface area contributed by atoms with Gasteiger partial charge >= 0.3 is 11.9 Å². The predicted octanol–water partition coefficient (Wildman–Crippen LogP) is 2.65. The monoisotopic (exact) mass is 314 g/mol. The van der Waals surface area contributed by atoms with Gasteiger partial charge in [-0.1, -0.05) is 0 Å². The third kappa shape index (κ3) is 3.47. The maximum atomic E-state index is 12.0. The molecule has 0 spiro atoms. The lowest BCUT2D eigenvalue weighted by Gasteiger charge is -2.15. The van der Waals surface area contributed by atoms with E-state index >= 15 is 0 Å². The van der Waals surface area contributed by atoms with Gasteiger partial charge < -0.3 is 18.9 Å². The SMILES string of the molecule is CCOC(=O)c1sc(C(=O)OCC)c2c1OCCCCO2. The number of carbonyl (C=O) groups is 2. The molecule has 1 aromatic rings. The lowest BCUT2D eigenvalue weighted by Crippen LogP contribution is -2.11. The minimum atomic E-state index is -0.515. The van der Waals surface area contributed by atoms with Crippen molar-refractivity contribution in [1.82, 2.24) is 0 Å². The zero-order valence-corrected chi connectivity index (χ0v) is 12.9. The van der Waals surface area contributed by atoms with Crippen LogP contribution in [-0.4, -0.2) is 38.4 Å². The van der Waals surface area contributed by atoms with Crippen LogP contribution in [0.15, 0.2) is 0 Å². The molecule has 0 fully saturated rings. The zero-order valence-electron chi connectivity index (χ0n) is 12.1. The van der Waals surface area contributed by atoms with Crippen molar-refractivity contribution in [2.45, 2.75) is 26.7 Å². The second kappa shape index (κ2) is 7.31. The first-order chi connectivity index (χ1) is 10.2. The standard InChI is InChI=1S/C14H18O6S/c1-3-17-13(15)11-9-10(20-8-6-5-7-19-9)12(21-11)14(16)18-4-2/h3-8H2,1-2H3. The summed E-state index contributed by atoms with van der Waals surface area (Å²) in [5.74, 6) is -0.445. The highest BCUT2D eigenvalue weighted by molar-refractivity contribution is 7.16. The molecular formula is C14H18O6S. The smallest absolute Gasteiger partial charge is 0.352 e. The molecule has 116 valence electrons. The molecule has 21 heavy (non-hydrogen) atoms. The van der Waals surface area contributed by atoms with Crippen LogP contribution in [0.1, 0.15) is 46.0 Å². The number of thiophene rings is 1. The molecule has 0 atom stereocenters. The minimum Gasteiger partial charge on any atom is -0.488 e. The Morgan fingerprint density at radius 1 is 0.952 bits per heavy atom. The molecule has 0 N–H and O–H groups in total. The molecule has 2 rings (SSSR count). The van der Waals surface area contributed by atoms with Gasteiger partial charge in [-0.25, -0.2) is 9.59 Å². The summed E-state index contributed by atoms with van der Waals surface area (Å²) in [6, 6.07) is 0. The molecule has 0 aliphatic carbocycles. The van der Waals surface area contributed by atoms with Crippen LogP contribution < -0.4 is 9.47 Å². The summed E-state index contributed by atoms with van der Waals surface area (Å²) in [6.07, 6.45) is 1.65. The molecule has 0 unspecified atom stereocenters. The second-order valence-corrected chi connectivity index (χ2v) is 5.28. The maximum Gasteiger partial charge on any atom is 0.352 e. The van der Waals surface area contributed by atoms with E-state index in [0.717, 1.165) is 24.2 Å². The molecule has 1 aromatic heterocycles. The number of ether oxygens (including phenoxy) is 4. The fourth-order valence-electron chi connectivity index (χ4n) is 1.88. The second-order valence-electron chi connectivity index (χ2n) is 4.26. The van der Waals surface area contributed by atoms with Crippen LogP contribution in [0.3, 0.4) is 0 Å². The van der Waals surface area contributed by atoms with Crippen LogP contribution >= 0.6 is 11.3 Å². The van der Waals surface area contributed by atoms with Crippen molar-refractivity contribution in [2.24, 2.45) is 0 Å². The van der Waals surface area contributed by atoms with E-state index in [2.05, 4.69) is 0 Å². The third-order valence-corrected chi connectivity index (χ3v) is 3.89. The lowest BCUT2D eigenvalue weighted by molar-refractivity contribution is 0.0515. The molecule has 0 saturated carbocycles. The van der Waals surface area contributed by atoms with Crippen molar-refractivity contribution in [3.63, 3.8) is 0 Å². The summed E-state index contributed by atoms with van der Waals surface area (Å²) in [6.45, 7) is 4.89. The molecule has 0 radical (unpaired) electrons. The summed E-state index contributed by atoms with van der Waals surface area (Å²) in [5, 5.41) is 0. The van der Waals surface area contributed by atoms with Gasteiger partial charge in [-0.15, -0.1) is 11.3 Å². The molecule has 0 saturated heterocycles. The molecule has 6 nitrogen and oxygen atoms in total. The van der Waals surface area contributed by atoms with Gasteiger partial charge in [-0.3, -0.25) is 0 Å².